The van der Waals surface area contributed by atoms with Crippen molar-refractivity contribution in [1.29, 1.82) is 5.26 Å². The van der Waals surface area contributed by atoms with Crippen LogP contribution in [0.25, 0.3) is 0 Å². The first kappa shape index (κ1) is 19.7. The number of halogens is 2. The van der Waals surface area contributed by atoms with Crippen LogP contribution in [0.4, 0.5) is 4.39 Å². The second-order valence-corrected chi connectivity index (χ2v) is 6.42. The fraction of sp³-hybridized carbons (Fsp3) is 0.300. The summed E-state index contributed by atoms with van der Waals surface area (Å²) in [6.45, 7) is 4.18. The molecule has 2 aromatic rings. The minimum Gasteiger partial charge on any atom is -0.494 e. The van der Waals surface area contributed by atoms with Crippen LogP contribution in [-0.4, -0.2) is 12.5 Å². The number of hydrogen-bond donors (Lipinski definition) is 1. The van der Waals surface area contributed by atoms with Crippen LogP contribution in [0.2, 0.25) is 5.02 Å². The second-order valence-electron chi connectivity index (χ2n) is 6.04. The molecule has 0 saturated heterocycles. The van der Waals surface area contributed by atoms with Crippen molar-refractivity contribution < 1.29 is 13.9 Å². The molecule has 0 aliphatic rings. The molecule has 0 fully saturated rings. The Hall–Kier alpha value is -2.58. The molecule has 1 amide bonds. The Kier molecular flexibility index (Phi) is 6.99. The maximum absolute atomic E-state index is 13.1. The van der Waals surface area contributed by atoms with E-state index >= 15 is 0 Å². The van der Waals surface area contributed by atoms with Crippen molar-refractivity contribution in [3.63, 3.8) is 0 Å². The summed E-state index contributed by atoms with van der Waals surface area (Å²) in [5, 5.41) is 12.6. The number of nitrogens with zero attached hydrogens (tertiary/aromatic N) is 1. The lowest BCUT2D eigenvalue weighted by Crippen LogP contribution is -2.30. The van der Waals surface area contributed by atoms with Crippen LogP contribution in [0.5, 0.6) is 5.75 Å². The quantitative estimate of drug-likeness (QED) is 0.785. The molecule has 0 aliphatic heterocycles. The van der Waals surface area contributed by atoms with Crippen molar-refractivity contribution in [3.8, 4) is 11.8 Å². The maximum Gasteiger partial charge on any atom is 0.237 e. The first-order chi connectivity index (χ1) is 12.4. The third-order valence-corrected chi connectivity index (χ3v) is 4.51. The molecule has 0 spiro atoms. The van der Waals surface area contributed by atoms with Gasteiger partial charge in [-0.25, -0.2) is 4.39 Å². The molecule has 2 aromatic carbocycles. The first-order valence-corrected chi connectivity index (χ1v) is 8.60. The Morgan fingerprint density at radius 2 is 2.00 bits per heavy atom. The number of amides is 1. The molecular formula is C20H20ClFN2O2. The summed E-state index contributed by atoms with van der Waals surface area (Å²) in [6, 6.07) is 11.6. The minimum atomic E-state index is -0.835. The van der Waals surface area contributed by atoms with Gasteiger partial charge in [0.05, 0.1) is 12.7 Å². The summed E-state index contributed by atoms with van der Waals surface area (Å²) in [5.41, 5.74) is 2.45. The van der Waals surface area contributed by atoms with Crippen molar-refractivity contribution in [1.82, 2.24) is 5.32 Å². The van der Waals surface area contributed by atoms with Gasteiger partial charge in [-0.3, -0.25) is 4.79 Å². The molecule has 0 saturated carbocycles. The zero-order chi connectivity index (χ0) is 19.1. The molecule has 1 N–H and O–H groups in total. The van der Waals surface area contributed by atoms with Gasteiger partial charge in [0.15, 0.2) is 0 Å². The summed E-state index contributed by atoms with van der Waals surface area (Å²) in [5.74, 6) is -0.946. The van der Waals surface area contributed by atoms with E-state index in [4.69, 9.17) is 16.3 Å². The molecule has 0 radical (unpaired) electrons. The van der Waals surface area contributed by atoms with Gasteiger partial charge in [-0.15, -0.1) is 0 Å². The number of hydrogen-bond acceptors (Lipinski definition) is 3. The molecule has 26 heavy (non-hydrogen) atoms. The van der Waals surface area contributed by atoms with E-state index in [-0.39, 0.29) is 25.4 Å². The number of rotatable bonds is 7. The highest BCUT2D eigenvalue weighted by Gasteiger charge is 2.18. The van der Waals surface area contributed by atoms with Gasteiger partial charge in [0.25, 0.3) is 0 Å². The number of carbonyl (C=O) groups excluding carboxylic acids is 1. The highest BCUT2D eigenvalue weighted by Crippen LogP contribution is 2.26. The summed E-state index contributed by atoms with van der Waals surface area (Å²) in [7, 11) is 0. The molecule has 1 unspecified atom stereocenters. The summed E-state index contributed by atoms with van der Waals surface area (Å²) >= 11 is 6.12. The van der Waals surface area contributed by atoms with Crippen molar-refractivity contribution in [2.45, 2.75) is 26.8 Å². The van der Waals surface area contributed by atoms with Gasteiger partial charge in [-0.05, 0) is 54.8 Å². The van der Waals surface area contributed by atoms with Gasteiger partial charge in [0, 0.05) is 18.0 Å². The maximum atomic E-state index is 13.1. The molecule has 0 bridgehead atoms. The SMILES string of the molecule is Cc1cc(OCCC(C#N)C(=O)NCc2cccc(F)c2)cc(C)c1Cl. The number of nitrogens with one attached hydrogen (secondary N) is 1. The van der Waals surface area contributed by atoms with Crippen LogP contribution in [0.1, 0.15) is 23.1 Å². The smallest absolute Gasteiger partial charge is 0.237 e. The van der Waals surface area contributed by atoms with Crippen LogP contribution in [0.15, 0.2) is 36.4 Å². The van der Waals surface area contributed by atoms with E-state index in [0.717, 1.165) is 11.1 Å². The van der Waals surface area contributed by atoms with Gasteiger partial charge in [-0.1, -0.05) is 23.7 Å². The van der Waals surface area contributed by atoms with Gasteiger partial charge in [0.2, 0.25) is 5.91 Å². The molecule has 2 rings (SSSR count). The monoisotopic (exact) mass is 374 g/mol. The van der Waals surface area contributed by atoms with Crippen LogP contribution < -0.4 is 10.1 Å². The minimum absolute atomic E-state index is 0.172. The molecule has 1 atom stereocenters. The lowest BCUT2D eigenvalue weighted by atomic mass is 10.1. The first-order valence-electron chi connectivity index (χ1n) is 8.22. The lowest BCUT2D eigenvalue weighted by Gasteiger charge is -2.13. The Balaban J connectivity index is 1.85. The number of ether oxygens (including phenoxy) is 1. The molecule has 4 nitrogen and oxygen atoms in total. The van der Waals surface area contributed by atoms with E-state index < -0.39 is 11.8 Å². The van der Waals surface area contributed by atoms with Crippen LogP contribution in [-0.2, 0) is 11.3 Å². The van der Waals surface area contributed by atoms with E-state index in [9.17, 15) is 14.4 Å². The Labute approximate surface area is 157 Å². The Morgan fingerprint density at radius 3 is 2.62 bits per heavy atom. The van der Waals surface area contributed by atoms with Crippen molar-refractivity contribution >= 4 is 17.5 Å². The van der Waals surface area contributed by atoms with Crippen molar-refractivity contribution in [3.05, 3.63) is 63.9 Å². The number of nitriles is 1. The topological polar surface area (TPSA) is 62.1 Å². The van der Waals surface area contributed by atoms with Crippen LogP contribution in [0, 0.1) is 36.9 Å². The predicted molar refractivity (Wildman–Crippen MR) is 98.4 cm³/mol. The van der Waals surface area contributed by atoms with Gasteiger partial charge in [-0.2, -0.15) is 5.26 Å². The summed E-state index contributed by atoms with van der Waals surface area (Å²) in [6.07, 6.45) is 0.256. The standard InChI is InChI=1S/C20H20ClFN2O2/c1-13-8-18(9-14(2)19(13)21)26-7-6-16(11-23)20(25)24-12-15-4-3-5-17(22)10-15/h3-5,8-10,16H,6-7,12H2,1-2H3,(H,24,25). The number of benzene rings is 2. The van der Waals surface area contributed by atoms with Crippen LogP contribution in [0.3, 0.4) is 0 Å². The van der Waals surface area contributed by atoms with Gasteiger partial charge < -0.3 is 10.1 Å². The fourth-order valence-corrected chi connectivity index (χ4v) is 2.61. The molecule has 136 valence electrons. The lowest BCUT2D eigenvalue weighted by molar-refractivity contribution is -0.123. The molecule has 0 aromatic heterocycles. The number of aryl methyl sites for hydroxylation is 2. The highest BCUT2D eigenvalue weighted by molar-refractivity contribution is 6.32. The zero-order valence-electron chi connectivity index (χ0n) is 14.7. The van der Waals surface area contributed by atoms with E-state index in [2.05, 4.69) is 5.32 Å². The summed E-state index contributed by atoms with van der Waals surface area (Å²) in [4.78, 5) is 12.1. The molecule has 0 heterocycles. The highest BCUT2D eigenvalue weighted by atomic mass is 35.5. The third-order valence-electron chi connectivity index (χ3n) is 3.91. The third kappa shape index (κ3) is 5.47. The Bertz CT molecular complexity index is 810. The number of carbonyl (C=O) groups is 1. The van der Waals surface area contributed by atoms with E-state index in [1.807, 2.05) is 32.0 Å². The normalized spacial score (nSPS) is 11.5. The molecule has 6 heteroatoms. The van der Waals surface area contributed by atoms with Gasteiger partial charge in [0.1, 0.15) is 17.5 Å². The van der Waals surface area contributed by atoms with E-state index in [1.165, 1.54) is 12.1 Å². The molecular weight excluding hydrogens is 355 g/mol. The predicted octanol–water partition coefficient (Wildman–Crippen LogP) is 4.32. The zero-order valence-corrected chi connectivity index (χ0v) is 15.4. The van der Waals surface area contributed by atoms with E-state index in [1.54, 1.807) is 12.1 Å². The fourth-order valence-electron chi connectivity index (χ4n) is 2.50. The largest absolute Gasteiger partial charge is 0.494 e. The van der Waals surface area contributed by atoms with E-state index in [0.29, 0.717) is 16.3 Å². The van der Waals surface area contributed by atoms with Crippen LogP contribution >= 0.6 is 11.6 Å². The average molecular weight is 375 g/mol. The second kappa shape index (κ2) is 9.21. The van der Waals surface area contributed by atoms with Crippen molar-refractivity contribution in [2.24, 2.45) is 5.92 Å². The summed E-state index contributed by atoms with van der Waals surface area (Å²) < 4.78 is 18.8. The Morgan fingerprint density at radius 1 is 1.31 bits per heavy atom. The average Bonchev–Trinajstić information content (AvgIpc) is 2.61. The van der Waals surface area contributed by atoms with Crippen molar-refractivity contribution in [2.75, 3.05) is 6.61 Å². The van der Waals surface area contributed by atoms with Gasteiger partial charge >= 0.3 is 0 Å². The molecule has 0 aliphatic carbocycles.